The number of aryl methyl sites for hydroxylation is 2. The van der Waals surface area contributed by atoms with Gasteiger partial charge in [0.25, 0.3) is 0 Å². The SMILES string of the molecule is Cc1nc(=O)n(CC2CCCc3ccccc32)c(C)c1Br. The molecule has 2 aromatic rings. The number of halogens is 1. The third kappa shape index (κ3) is 2.69. The zero-order valence-corrected chi connectivity index (χ0v) is 14.0. The van der Waals surface area contributed by atoms with Crippen molar-refractivity contribution in [2.45, 2.75) is 45.6 Å². The summed E-state index contributed by atoms with van der Waals surface area (Å²) in [5, 5.41) is 0. The normalized spacial score (nSPS) is 17.6. The molecule has 0 amide bonds. The molecule has 0 aliphatic heterocycles. The van der Waals surface area contributed by atoms with Crippen molar-refractivity contribution in [1.82, 2.24) is 9.55 Å². The van der Waals surface area contributed by atoms with Crippen LogP contribution in [-0.4, -0.2) is 9.55 Å². The molecular weight excluding hydrogens is 328 g/mol. The Labute approximate surface area is 133 Å². The highest BCUT2D eigenvalue weighted by molar-refractivity contribution is 9.10. The van der Waals surface area contributed by atoms with Gasteiger partial charge < -0.3 is 0 Å². The lowest BCUT2D eigenvalue weighted by Crippen LogP contribution is -2.29. The molecule has 0 saturated heterocycles. The molecule has 0 bridgehead atoms. The summed E-state index contributed by atoms with van der Waals surface area (Å²) in [5.41, 5.74) is 4.41. The van der Waals surface area contributed by atoms with E-state index in [1.54, 1.807) is 0 Å². The van der Waals surface area contributed by atoms with Gasteiger partial charge in [-0.15, -0.1) is 0 Å². The lowest BCUT2D eigenvalue weighted by Gasteiger charge is -2.26. The van der Waals surface area contributed by atoms with E-state index in [1.165, 1.54) is 17.5 Å². The summed E-state index contributed by atoms with van der Waals surface area (Å²) in [6.07, 6.45) is 3.47. The van der Waals surface area contributed by atoms with Crippen molar-refractivity contribution < 1.29 is 0 Å². The Balaban J connectivity index is 1.99. The summed E-state index contributed by atoms with van der Waals surface area (Å²) >= 11 is 3.54. The molecule has 1 aliphatic carbocycles. The smallest absolute Gasteiger partial charge is 0.295 e. The van der Waals surface area contributed by atoms with Gasteiger partial charge >= 0.3 is 5.69 Å². The van der Waals surface area contributed by atoms with Crippen LogP contribution in [-0.2, 0) is 13.0 Å². The third-order valence-corrected chi connectivity index (χ3v) is 5.58. The Morgan fingerprint density at radius 2 is 2.10 bits per heavy atom. The Hall–Kier alpha value is -1.42. The molecule has 1 atom stereocenters. The van der Waals surface area contributed by atoms with Crippen LogP contribution >= 0.6 is 15.9 Å². The molecule has 0 N–H and O–H groups in total. The number of fused-ring (bicyclic) bond motifs is 1. The minimum Gasteiger partial charge on any atom is -0.295 e. The minimum absolute atomic E-state index is 0.142. The fourth-order valence-electron chi connectivity index (χ4n) is 3.26. The molecule has 0 fully saturated rings. The third-order valence-electron chi connectivity index (χ3n) is 4.43. The first-order valence-electron chi connectivity index (χ1n) is 7.39. The van der Waals surface area contributed by atoms with E-state index in [1.807, 2.05) is 18.4 Å². The highest BCUT2D eigenvalue weighted by Gasteiger charge is 2.22. The molecule has 110 valence electrons. The highest BCUT2D eigenvalue weighted by atomic mass is 79.9. The van der Waals surface area contributed by atoms with Gasteiger partial charge in [0.15, 0.2) is 0 Å². The molecule has 0 spiro atoms. The van der Waals surface area contributed by atoms with Crippen LogP contribution in [0.25, 0.3) is 0 Å². The first kappa shape index (κ1) is 14.5. The van der Waals surface area contributed by atoms with Gasteiger partial charge in [-0.2, -0.15) is 4.98 Å². The largest absolute Gasteiger partial charge is 0.348 e. The molecule has 21 heavy (non-hydrogen) atoms. The van der Waals surface area contributed by atoms with E-state index in [0.29, 0.717) is 12.5 Å². The molecule has 4 heteroatoms. The zero-order valence-electron chi connectivity index (χ0n) is 12.4. The second-order valence-corrected chi connectivity index (χ2v) is 6.57. The van der Waals surface area contributed by atoms with Crippen LogP contribution in [0.15, 0.2) is 33.5 Å². The van der Waals surface area contributed by atoms with Gasteiger partial charge in [-0.05, 0) is 60.2 Å². The fraction of sp³-hybridized carbons (Fsp3) is 0.412. The Morgan fingerprint density at radius 3 is 2.90 bits per heavy atom. The van der Waals surface area contributed by atoms with Gasteiger partial charge in [-0.1, -0.05) is 24.3 Å². The van der Waals surface area contributed by atoms with Crippen molar-refractivity contribution in [3.63, 3.8) is 0 Å². The van der Waals surface area contributed by atoms with Crippen molar-refractivity contribution in [3.8, 4) is 0 Å². The molecule has 0 radical (unpaired) electrons. The molecule has 1 aliphatic rings. The second kappa shape index (κ2) is 5.76. The first-order chi connectivity index (χ1) is 10.1. The van der Waals surface area contributed by atoms with Gasteiger partial charge in [0.1, 0.15) is 0 Å². The van der Waals surface area contributed by atoms with Crippen LogP contribution in [0.4, 0.5) is 0 Å². The maximum absolute atomic E-state index is 12.2. The average molecular weight is 347 g/mol. The molecule has 1 unspecified atom stereocenters. The summed E-state index contributed by atoms with van der Waals surface area (Å²) in [5.74, 6) is 0.405. The van der Waals surface area contributed by atoms with Crippen LogP contribution < -0.4 is 5.69 Å². The summed E-state index contributed by atoms with van der Waals surface area (Å²) in [4.78, 5) is 16.3. The molecule has 3 nitrogen and oxygen atoms in total. The van der Waals surface area contributed by atoms with Crippen LogP contribution in [0.2, 0.25) is 0 Å². The predicted octanol–water partition coefficient (Wildman–Crippen LogP) is 3.74. The monoisotopic (exact) mass is 346 g/mol. The number of aromatic nitrogens is 2. The Kier molecular flexibility index (Phi) is 3.98. The molecule has 1 aromatic carbocycles. The maximum atomic E-state index is 12.2. The summed E-state index contributed by atoms with van der Waals surface area (Å²) in [7, 11) is 0. The average Bonchev–Trinajstić information content (AvgIpc) is 2.49. The maximum Gasteiger partial charge on any atom is 0.348 e. The van der Waals surface area contributed by atoms with E-state index in [2.05, 4.69) is 45.2 Å². The van der Waals surface area contributed by atoms with Crippen molar-refractivity contribution in [3.05, 3.63) is 61.7 Å². The standard InChI is InChI=1S/C17H19BrN2O/c1-11-16(18)12(2)20(17(21)19-11)10-14-8-5-7-13-6-3-4-9-15(13)14/h3-4,6,9,14H,5,7-8,10H2,1-2H3. The van der Waals surface area contributed by atoms with Crippen LogP contribution in [0.3, 0.4) is 0 Å². The number of nitrogens with zero attached hydrogens (tertiary/aromatic N) is 2. The van der Waals surface area contributed by atoms with E-state index >= 15 is 0 Å². The van der Waals surface area contributed by atoms with E-state index in [-0.39, 0.29) is 5.69 Å². The molecule has 0 saturated carbocycles. The number of hydrogen-bond donors (Lipinski definition) is 0. The highest BCUT2D eigenvalue weighted by Crippen LogP contribution is 2.33. The number of hydrogen-bond acceptors (Lipinski definition) is 2. The summed E-state index contributed by atoms with van der Waals surface area (Å²) < 4.78 is 2.75. The molecule has 1 aromatic heterocycles. The summed E-state index contributed by atoms with van der Waals surface area (Å²) in [6, 6.07) is 8.61. The number of rotatable bonds is 2. The van der Waals surface area contributed by atoms with Crippen molar-refractivity contribution in [1.29, 1.82) is 0 Å². The molecule has 1 heterocycles. The Bertz CT molecular complexity index is 736. The van der Waals surface area contributed by atoms with Gasteiger partial charge in [0.05, 0.1) is 10.2 Å². The second-order valence-electron chi connectivity index (χ2n) is 5.78. The van der Waals surface area contributed by atoms with Crippen molar-refractivity contribution in [2.75, 3.05) is 0 Å². The van der Waals surface area contributed by atoms with Crippen LogP contribution in [0.1, 0.15) is 41.3 Å². The van der Waals surface area contributed by atoms with E-state index in [9.17, 15) is 4.79 Å². The van der Waals surface area contributed by atoms with Crippen molar-refractivity contribution >= 4 is 15.9 Å². The quantitative estimate of drug-likeness (QED) is 0.830. The zero-order chi connectivity index (χ0) is 15.0. The van der Waals surface area contributed by atoms with Crippen LogP contribution in [0, 0.1) is 13.8 Å². The lowest BCUT2D eigenvalue weighted by molar-refractivity contribution is 0.463. The van der Waals surface area contributed by atoms with Gasteiger partial charge in [0, 0.05) is 18.2 Å². The minimum atomic E-state index is -0.142. The van der Waals surface area contributed by atoms with Gasteiger partial charge in [-0.3, -0.25) is 4.57 Å². The summed E-state index contributed by atoms with van der Waals surface area (Å²) in [6.45, 7) is 4.56. The molecule has 3 rings (SSSR count). The van der Waals surface area contributed by atoms with E-state index < -0.39 is 0 Å². The fourth-order valence-corrected chi connectivity index (χ4v) is 3.56. The van der Waals surface area contributed by atoms with E-state index in [0.717, 1.165) is 28.7 Å². The van der Waals surface area contributed by atoms with E-state index in [4.69, 9.17) is 0 Å². The predicted molar refractivity (Wildman–Crippen MR) is 87.8 cm³/mol. The first-order valence-corrected chi connectivity index (χ1v) is 8.18. The number of benzene rings is 1. The topological polar surface area (TPSA) is 34.9 Å². The lowest BCUT2D eigenvalue weighted by atomic mass is 9.83. The van der Waals surface area contributed by atoms with Crippen LogP contribution in [0.5, 0.6) is 0 Å². The Morgan fingerprint density at radius 1 is 1.33 bits per heavy atom. The van der Waals surface area contributed by atoms with Gasteiger partial charge in [0.2, 0.25) is 0 Å². The van der Waals surface area contributed by atoms with Crippen molar-refractivity contribution in [2.24, 2.45) is 0 Å². The van der Waals surface area contributed by atoms with Gasteiger partial charge in [-0.25, -0.2) is 4.79 Å². The molecular formula is C17H19BrN2O.